The highest BCUT2D eigenvalue weighted by Crippen LogP contribution is 2.25. The van der Waals surface area contributed by atoms with Gasteiger partial charge < -0.3 is 10.4 Å². The third-order valence-electron chi connectivity index (χ3n) is 4.25. The number of aliphatic hydroxyl groups excluding tert-OH is 1. The minimum absolute atomic E-state index is 0.339. The Morgan fingerprint density at radius 1 is 1.28 bits per heavy atom. The van der Waals surface area contributed by atoms with Gasteiger partial charge in [0.2, 0.25) is 0 Å². The van der Waals surface area contributed by atoms with Crippen molar-refractivity contribution in [1.29, 1.82) is 0 Å². The van der Waals surface area contributed by atoms with Gasteiger partial charge in [0.1, 0.15) is 0 Å². The van der Waals surface area contributed by atoms with Gasteiger partial charge in [0.25, 0.3) is 0 Å². The minimum Gasteiger partial charge on any atom is -0.396 e. The van der Waals surface area contributed by atoms with Crippen molar-refractivity contribution in [3.8, 4) is 0 Å². The average molecular weight is 247 g/mol. The van der Waals surface area contributed by atoms with E-state index in [1.807, 2.05) is 0 Å². The fourth-order valence-electron chi connectivity index (χ4n) is 2.96. The van der Waals surface area contributed by atoms with E-state index in [-0.39, 0.29) is 0 Å². The van der Waals surface area contributed by atoms with Gasteiger partial charge in [-0.2, -0.15) is 0 Å². The van der Waals surface area contributed by atoms with E-state index >= 15 is 0 Å². The zero-order valence-electron chi connectivity index (χ0n) is 11.3. The zero-order chi connectivity index (χ0) is 12.8. The second-order valence-corrected chi connectivity index (χ2v) is 5.53. The fraction of sp³-hybridized carbons (Fsp3) is 0.625. The van der Waals surface area contributed by atoms with E-state index in [9.17, 15) is 5.11 Å². The molecule has 0 aromatic heterocycles. The van der Waals surface area contributed by atoms with Crippen molar-refractivity contribution in [2.75, 3.05) is 13.2 Å². The molecule has 18 heavy (non-hydrogen) atoms. The molecule has 2 N–H and O–H groups in total. The molecule has 100 valence electrons. The van der Waals surface area contributed by atoms with Crippen molar-refractivity contribution >= 4 is 0 Å². The number of hydrogen-bond acceptors (Lipinski definition) is 2. The number of rotatable bonds is 6. The highest BCUT2D eigenvalue weighted by molar-refractivity contribution is 5.18. The van der Waals surface area contributed by atoms with Crippen LogP contribution in [0.2, 0.25) is 0 Å². The molecule has 0 radical (unpaired) electrons. The first-order chi connectivity index (χ1) is 8.81. The van der Waals surface area contributed by atoms with E-state index in [2.05, 4.69) is 42.6 Å². The van der Waals surface area contributed by atoms with Gasteiger partial charge in [-0.15, -0.1) is 0 Å². The normalized spacial score (nSPS) is 25.2. The van der Waals surface area contributed by atoms with E-state index in [1.165, 1.54) is 31.2 Å². The monoisotopic (exact) mass is 247 g/mol. The Morgan fingerprint density at radius 3 is 2.78 bits per heavy atom. The molecular formula is C16H25NO. The van der Waals surface area contributed by atoms with Crippen LogP contribution in [0.5, 0.6) is 0 Å². The third-order valence-corrected chi connectivity index (χ3v) is 4.25. The molecule has 2 rings (SSSR count). The number of benzene rings is 1. The lowest BCUT2D eigenvalue weighted by Crippen LogP contribution is -2.35. The minimum atomic E-state index is 0.339. The van der Waals surface area contributed by atoms with Crippen molar-refractivity contribution in [3.05, 3.63) is 35.9 Å². The average Bonchev–Trinajstić information content (AvgIpc) is 2.87. The van der Waals surface area contributed by atoms with Crippen LogP contribution >= 0.6 is 0 Å². The van der Waals surface area contributed by atoms with Gasteiger partial charge in [0.15, 0.2) is 0 Å². The zero-order valence-corrected chi connectivity index (χ0v) is 11.3. The van der Waals surface area contributed by atoms with Crippen LogP contribution in [0.3, 0.4) is 0 Å². The van der Waals surface area contributed by atoms with Crippen LogP contribution in [0.15, 0.2) is 30.3 Å². The highest BCUT2D eigenvalue weighted by atomic mass is 16.3. The molecular weight excluding hydrogens is 222 g/mol. The molecule has 0 heterocycles. The smallest absolute Gasteiger partial charge is 0.0474 e. The number of aliphatic hydroxyl groups is 1. The second kappa shape index (κ2) is 6.91. The number of hydrogen-bond donors (Lipinski definition) is 2. The van der Waals surface area contributed by atoms with Gasteiger partial charge in [0.05, 0.1) is 0 Å². The van der Waals surface area contributed by atoms with E-state index in [1.54, 1.807) is 0 Å². The van der Waals surface area contributed by atoms with E-state index < -0.39 is 0 Å². The molecule has 1 aliphatic carbocycles. The van der Waals surface area contributed by atoms with Crippen LogP contribution in [0.25, 0.3) is 0 Å². The summed E-state index contributed by atoms with van der Waals surface area (Å²) in [6, 6.07) is 11.2. The second-order valence-electron chi connectivity index (χ2n) is 5.53. The van der Waals surface area contributed by atoms with E-state index in [0.717, 1.165) is 6.54 Å². The summed E-state index contributed by atoms with van der Waals surface area (Å²) in [7, 11) is 0. The molecule has 0 spiro atoms. The maximum absolute atomic E-state index is 9.28. The SMILES string of the molecule is CC(CCNC1CCCC1CO)c1ccccc1. The van der Waals surface area contributed by atoms with Gasteiger partial charge in [-0.1, -0.05) is 43.7 Å². The summed E-state index contributed by atoms with van der Waals surface area (Å²) in [4.78, 5) is 0. The Kier molecular flexibility index (Phi) is 5.21. The van der Waals surface area contributed by atoms with Gasteiger partial charge in [-0.3, -0.25) is 0 Å². The standard InChI is InChI=1S/C16H25NO/c1-13(14-6-3-2-4-7-14)10-11-17-16-9-5-8-15(16)12-18/h2-4,6-7,13,15-18H,5,8-12H2,1H3. The summed E-state index contributed by atoms with van der Waals surface area (Å²) in [6.07, 6.45) is 4.84. The molecule has 1 fully saturated rings. The lowest BCUT2D eigenvalue weighted by Gasteiger charge is -2.20. The van der Waals surface area contributed by atoms with Gasteiger partial charge in [-0.25, -0.2) is 0 Å². The summed E-state index contributed by atoms with van der Waals surface area (Å²) >= 11 is 0. The molecule has 0 aliphatic heterocycles. The predicted molar refractivity (Wildman–Crippen MR) is 75.7 cm³/mol. The number of nitrogens with one attached hydrogen (secondary N) is 1. The Hall–Kier alpha value is -0.860. The first-order valence-electron chi connectivity index (χ1n) is 7.20. The first-order valence-corrected chi connectivity index (χ1v) is 7.20. The molecule has 2 nitrogen and oxygen atoms in total. The van der Waals surface area contributed by atoms with Crippen molar-refractivity contribution in [3.63, 3.8) is 0 Å². The first kappa shape index (κ1) is 13.6. The maximum Gasteiger partial charge on any atom is 0.0474 e. The molecule has 0 amide bonds. The molecule has 0 bridgehead atoms. The molecule has 3 atom stereocenters. The Balaban J connectivity index is 1.72. The van der Waals surface area contributed by atoms with Crippen LogP contribution in [0, 0.1) is 5.92 Å². The summed E-state index contributed by atoms with van der Waals surface area (Å²) in [5, 5.41) is 12.9. The molecule has 1 aromatic rings. The lowest BCUT2D eigenvalue weighted by molar-refractivity contribution is 0.205. The molecule has 1 aliphatic rings. The van der Waals surface area contributed by atoms with Crippen molar-refractivity contribution in [2.45, 2.75) is 44.6 Å². The lowest BCUT2D eigenvalue weighted by atomic mass is 9.97. The Morgan fingerprint density at radius 2 is 2.06 bits per heavy atom. The summed E-state index contributed by atoms with van der Waals surface area (Å²) < 4.78 is 0. The van der Waals surface area contributed by atoms with Crippen molar-refractivity contribution in [1.82, 2.24) is 5.32 Å². The van der Waals surface area contributed by atoms with Gasteiger partial charge in [0, 0.05) is 12.6 Å². The van der Waals surface area contributed by atoms with Crippen molar-refractivity contribution in [2.24, 2.45) is 5.92 Å². The Bertz CT molecular complexity index is 338. The fourth-order valence-corrected chi connectivity index (χ4v) is 2.96. The Labute approximate surface area is 110 Å². The van der Waals surface area contributed by atoms with Crippen LogP contribution < -0.4 is 5.32 Å². The van der Waals surface area contributed by atoms with E-state index in [4.69, 9.17) is 0 Å². The van der Waals surface area contributed by atoms with Crippen LogP contribution in [-0.4, -0.2) is 24.3 Å². The summed E-state index contributed by atoms with van der Waals surface area (Å²) in [6.45, 7) is 3.68. The van der Waals surface area contributed by atoms with E-state index in [0.29, 0.717) is 24.5 Å². The quantitative estimate of drug-likeness (QED) is 0.810. The van der Waals surface area contributed by atoms with Gasteiger partial charge in [-0.05, 0) is 43.2 Å². The molecule has 2 heteroatoms. The topological polar surface area (TPSA) is 32.3 Å². The van der Waals surface area contributed by atoms with Crippen molar-refractivity contribution < 1.29 is 5.11 Å². The molecule has 1 saturated carbocycles. The molecule has 0 saturated heterocycles. The molecule has 1 aromatic carbocycles. The predicted octanol–water partition coefficient (Wildman–Crippen LogP) is 2.93. The summed E-state index contributed by atoms with van der Waals surface area (Å²) in [5.41, 5.74) is 1.42. The summed E-state index contributed by atoms with van der Waals surface area (Å²) in [5.74, 6) is 1.09. The van der Waals surface area contributed by atoms with Gasteiger partial charge >= 0.3 is 0 Å². The largest absolute Gasteiger partial charge is 0.396 e. The third kappa shape index (κ3) is 3.56. The van der Waals surface area contributed by atoms with Crippen LogP contribution in [-0.2, 0) is 0 Å². The molecule has 3 unspecified atom stereocenters. The van der Waals surface area contributed by atoms with Crippen LogP contribution in [0.1, 0.15) is 44.1 Å². The maximum atomic E-state index is 9.28. The van der Waals surface area contributed by atoms with Crippen LogP contribution in [0.4, 0.5) is 0 Å². The highest BCUT2D eigenvalue weighted by Gasteiger charge is 2.25.